The molecular weight excluding hydrogens is 446 g/mol. The number of hydrogen-bond acceptors (Lipinski definition) is 4. The fourth-order valence-corrected chi connectivity index (χ4v) is 4.59. The molecule has 4 rings (SSSR count). The molecule has 0 unspecified atom stereocenters. The summed E-state index contributed by atoms with van der Waals surface area (Å²) in [5.41, 5.74) is 2.37. The first-order chi connectivity index (χ1) is 15.4. The summed E-state index contributed by atoms with van der Waals surface area (Å²) in [5.74, 6) is -0.968. The number of rotatable bonds is 6. The lowest BCUT2D eigenvalue weighted by Gasteiger charge is -2.13. The maximum atomic E-state index is 12.9. The van der Waals surface area contributed by atoms with Gasteiger partial charge < -0.3 is 9.88 Å². The SMILES string of the molecule is CC[C@H](C)n1cc(/C=C2/SC(=O)N(CC(=O)Nc3ccccc3Cl)C2=O)c2ccccc21. The summed E-state index contributed by atoms with van der Waals surface area (Å²) in [6, 6.07) is 15.1. The van der Waals surface area contributed by atoms with E-state index in [0.717, 1.165) is 39.5 Å². The number of anilines is 1. The van der Waals surface area contributed by atoms with E-state index in [4.69, 9.17) is 11.6 Å². The summed E-state index contributed by atoms with van der Waals surface area (Å²) in [6.07, 6.45) is 4.71. The number of imide groups is 1. The van der Waals surface area contributed by atoms with E-state index in [1.165, 1.54) is 0 Å². The fraction of sp³-hybridized carbons (Fsp3) is 0.208. The van der Waals surface area contributed by atoms with E-state index in [0.29, 0.717) is 21.7 Å². The van der Waals surface area contributed by atoms with E-state index in [2.05, 4.69) is 23.7 Å². The molecule has 1 N–H and O–H groups in total. The highest BCUT2D eigenvalue weighted by atomic mass is 35.5. The largest absolute Gasteiger partial charge is 0.344 e. The topological polar surface area (TPSA) is 71.4 Å². The second kappa shape index (κ2) is 9.22. The lowest BCUT2D eigenvalue weighted by molar-refractivity contribution is -0.127. The molecule has 2 aromatic carbocycles. The van der Waals surface area contributed by atoms with Crippen molar-refractivity contribution in [1.29, 1.82) is 0 Å². The van der Waals surface area contributed by atoms with Crippen LogP contribution in [0.4, 0.5) is 10.5 Å². The highest BCUT2D eigenvalue weighted by molar-refractivity contribution is 8.18. The molecule has 0 aliphatic carbocycles. The molecule has 1 aliphatic rings. The summed E-state index contributed by atoms with van der Waals surface area (Å²) in [6.45, 7) is 3.89. The van der Waals surface area contributed by atoms with E-state index in [1.54, 1.807) is 30.3 Å². The summed E-state index contributed by atoms with van der Waals surface area (Å²) < 4.78 is 2.18. The van der Waals surface area contributed by atoms with Gasteiger partial charge in [0.15, 0.2) is 0 Å². The molecule has 1 aliphatic heterocycles. The normalized spacial score (nSPS) is 16.2. The maximum absolute atomic E-state index is 12.9. The number of carbonyl (C=O) groups excluding carboxylic acids is 3. The Labute approximate surface area is 195 Å². The number of carbonyl (C=O) groups is 3. The van der Waals surface area contributed by atoms with Crippen LogP contribution in [-0.2, 0) is 9.59 Å². The van der Waals surface area contributed by atoms with Gasteiger partial charge in [0.05, 0.1) is 15.6 Å². The monoisotopic (exact) mass is 467 g/mol. The van der Waals surface area contributed by atoms with Crippen LogP contribution in [0.15, 0.2) is 59.6 Å². The van der Waals surface area contributed by atoms with Crippen molar-refractivity contribution in [2.75, 3.05) is 11.9 Å². The minimum Gasteiger partial charge on any atom is -0.344 e. The Morgan fingerprint density at radius 1 is 1.16 bits per heavy atom. The van der Waals surface area contributed by atoms with E-state index in [1.807, 2.05) is 30.5 Å². The molecule has 6 nitrogen and oxygen atoms in total. The predicted octanol–water partition coefficient (Wildman–Crippen LogP) is 5.94. The molecular formula is C24H22ClN3O3S. The number of halogens is 1. The fourth-order valence-electron chi connectivity index (χ4n) is 3.58. The van der Waals surface area contributed by atoms with Gasteiger partial charge in [-0.2, -0.15) is 0 Å². The maximum Gasteiger partial charge on any atom is 0.294 e. The van der Waals surface area contributed by atoms with E-state index in [-0.39, 0.29) is 6.54 Å². The van der Waals surface area contributed by atoms with Crippen molar-refractivity contribution >= 4 is 63.1 Å². The van der Waals surface area contributed by atoms with Crippen LogP contribution < -0.4 is 5.32 Å². The van der Waals surface area contributed by atoms with Gasteiger partial charge in [0.2, 0.25) is 5.91 Å². The predicted molar refractivity (Wildman–Crippen MR) is 130 cm³/mol. The van der Waals surface area contributed by atoms with Gasteiger partial charge >= 0.3 is 0 Å². The molecule has 32 heavy (non-hydrogen) atoms. The summed E-state index contributed by atoms with van der Waals surface area (Å²) in [5, 5.41) is 3.56. The summed E-state index contributed by atoms with van der Waals surface area (Å²) in [4.78, 5) is 39.1. The lowest BCUT2D eigenvalue weighted by atomic mass is 10.1. The smallest absolute Gasteiger partial charge is 0.294 e. The number of para-hydroxylation sites is 2. The molecule has 3 amide bonds. The van der Waals surface area contributed by atoms with E-state index < -0.39 is 17.1 Å². The molecule has 0 saturated carbocycles. The molecule has 1 atom stereocenters. The summed E-state index contributed by atoms with van der Waals surface area (Å²) in [7, 11) is 0. The molecule has 2 heterocycles. The Balaban J connectivity index is 1.57. The number of nitrogens with one attached hydrogen (secondary N) is 1. The van der Waals surface area contributed by atoms with Gasteiger partial charge in [-0.1, -0.05) is 48.9 Å². The second-order valence-electron chi connectivity index (χ2n) is 7.56. The molecule has 0 radical (unpaired) electrons. The highest BCUT2D eigenvalue weighted by Gasteiger charge is 2.36. The number of nitrogens with zero attached hydrogens (tertiary/aromatic N) is 2. The number of fused-ring (bicyclic) bond motifs is 1. The van der Waals surface area contributed by atoms with Crippen molar-refractivity contribution in [2.45, 2.75) is 26.3 Å². The first kappa shape index (κ1) is 22.2. The third kappa shape index (κ3) is 4.31. The number of hydrogen-bond donors (Lipinski definition) is 1. The number of benzene rings is 2. The Morgan fingerprint density at radius 3 is 2.62 bits per heavy atom. The first-order valence-electron chi connectivity index (χ1n) is 10.3. The van der Waals surface area contributed by atoms with Crippen LogP contribution in [0.25, 0.3) is 17.0 Å². The average Bonchev–Trinajstić information content (AvgIpc) is 3.28. The van der Waals surface area contributed by atoms with Crippen molar-refractivity contribution in [1.82, 2.24) is 9.47 Å². The average molecular weight is 468 g/mol. The Morgan fingerprint density at radius 2 is 1.88 bits per heavy atom. The molecule has 1 saturated heterocycles. The molecule has 1 aromatic heterocycles. The van der Waals surface area contributed by atoms with Crippen molar-refractivity contribution in [3.05, 3.63) is 70.2 Å². The number of amides is 3. The molecule has 0 bridgehead atoms. The van der Waals surface area contributed by atoms with Crippen LogP contribution in [-0.4, -0.2) is 33.1 Å². The molecule has 0 spiro atoms. The quantitative estimate of drug-likeness (QED) is 0.455. The van der Waals surface area contributed by atoms with Crippen molar-refractivity contribution < 1.29 is 14.4 Å². The Hall–Kier alpha value is -3.03. The minimum absolute atomic E-state index is 0.297. The van der Waals surface area contributed by atoms with Crippen LogP contribution >= 0.6 is 23.4 Å². The van der Waals surface area contributed by atoms with Crippen molar-refractivity contribution in [2.24, 2.45) is 0 Å². The van der Waals surface area contributed by atoms with Crippen LogP contribution in [0.2, 0.25) is 5.02 Å². The Bertz CT molecular complexity index is 1250. The third-order valence-corrected chi connectivity index (χ3v) is 6.68. The van der Waals surface area contributed by atoms with Crippen LogP contribution in [0.3, 0.4) is 0 Å². The van der Waals surface area contributed by atoms with Crippen LogP contribution in [0, 0.1) is 0 Å². The van der Waals surface area contributed by atoms with Gasteiger partial charge in [-0.05, 0) is 49.4 Å². The zero-order valence-corrected chi connectivity index (χ0v) is 19.2. The number of thioether (sulfide) groups is 1. The van der Waals surface area contributed by atoms with Crippen molar-refractivity contribution in [3.63, 3.8) is 0 Å². The standard InChI is InChI=1S/C24H22ClN3O3S/c1-3-15(2)27-13-16(17-8-4-7-11-20(17)27)12-21-23(30)28(24(31)32-21)14-22(29)26-19-10-6-5-9-18(19)25/h4-13,15H,3,14H2,1-2H3,(H,26,29)/b21-12+/t15-/m0/s1. The zero-order chi connectivity index (χ0) is 22.8. The van der Waals surface area contributed by atoms with Crippen LogP contribution in [0.1, 0.15) is 31.9 Å². The molecule has 1 fully saturated rings. The third-order valence-electron chi connectivity index (χ3n) is 5.45. The highest BCUT2D eigenvalue weighted by Crippen LogP contribution is 2.35. The first-order valence-corrected chi connectivity index (χ1v) is 11.5. The minimum atomic E-state index is -0.491. The summed E-state index contributed by atoms with van der Waals surface area (Å²) >= 11 is 6.90. The molecule has 164 valence electrons. The zero-order valence-electron chi connectivity index (χ0n) is 17.7. The second-order valence-corrected chi connectivity index (χ2v) is 8.96. The molecule has 8 heteroatoms. The van der Waals surface area contributed by atoms with Crippen molar-refractivity contribution in [3.8, 4) is 0 Å². The van der Waals surface area contributed by atoms with Gasteiger partial charge in [0, 0.05) is 28.7 Å². The van der Waals surface area contributed by atoms with E-state index in [9.17, 15) is 14.4 Å². The van der Waals surface area contributed by atoms with Gasteiger partial charge in [-0.3, -0.25) is 19.3 Å². The van der Waals surface area contributed by atoms with Gasteiger partial charge in [-0.15, -0.1) is 0 Å². The molecule has 3 aromatic rings. The van der Waals surface area contributed by atoms with E-state index >= 15 is 0 Å². The number of aromatic nitrogens is 1. The van der Waals surface area contributed by atoms with Gasteiger partial charge in [0.25, 0.3) is 11.1 Å². The van der Waals surface area contributed by atoms with Gasteiger partial charge in [0.1, 0.15) is 6.54 Å². The lowest BCUT2D eigenvalue weighted by Crippen LogP contribution is -2.36. The van der Waals surface area contributed by atoms with Gasteiger partial charge in [-0.25, -0.2) is 0 Å². The Kier molecular flexibility index (Phi) is 6.39. The van der Waals surface area contributed by atoms with Crippen LogP contribution in [0.5, 0.6) is 0 Å².